The third kappa shape index (κ3) is 3.97. The Morgan fingerprint density at radius 1 is 1.20 bits per heavy atom. The summed E-state index contributed by atoms with van der Waals surface area (Å²) in [6.45, 7) is 6.10. The maximum atomic E-state index is 9.09. The molecule has 4 nitrogen and oxygen atoms in total. The molecule has 3 rings (SSSR count). The molecule has 0 amide bonds. The fourth-order valence-electron chi connectivity index (χ4n) is 3.55. The van der Waals surface area contributed by atoms with Crippen molar-refractivity contribution < 1.29 is 9.84 Å². The van der Waals surface area contributed by atoms with Crippen molar-refractivity contribution >= 4 is 5.69 Å². The van der Waals surface area contributed by atoms with Crippen molar-refractivity contribution in [3.05, 3.63) is 47.5 Å². The van der Waals surface area contributed by atoms with Gasteiger partial charge in [-0.1, -0.05) is 12.1 Å². The van der Waals surface area contributed by atoms with Crippen LogP contribution in [0.5, 0.6) is 5.75 Å². The van der Waals surface area contributed by atoms with Gasteiger partial charge in [0.1, 0.15) is 5.75 Å². The smallest absolute Gasteiger partial charge is 0.126 e. The predicted octanol–water partition coefficient (Wildman–Crippen LogP) is 3.53. The number of nitrogens with zero attached hydrogens (tertiary/aromatic N) is 1. The zero-order valence-electron chi connectivity index (χ0n) is 15.6. The molecule has 0 radical (unpaired) electrons. The van der Waals surface area contributed by atoms with Crippen molar-refractivity contribution in [3.63, 3.8) is 0 Å². The molecular formula is C21H28N2O2. The number of fused-ring (bicyclic) bond motifs is 1. The first-order valence-electron chi connectivity index (χ1n) is 8.79. The Hall–Kier alpha value is -2.04. The number of likely N-dealkylation sites (N-methyl/N-ethyl adjacent to an activating group) is 1. The highest BCUT2D eigenvalue weighted by Gasteiger charge is 2.27. The van der Waals surface area contributed by atoms with Gasteiger partial charge in [-0.05, 0) is 68.3 Å². The van der Waals surface area contributed by atoms with Gasteiger partial charge in [0.2, 0.25) is 0 Å². The molecule has 0 saturated heterocycles. The Labute approximate surface area is 150 Å². The Kier molecular flexibility index (Phi) is 5.02. The largest absolute Gasteiger partial charge is 0.496 e. The van der Waals surface area contributed by atoms with Crippen molar-refractivity contribution in [3.8, 4) is 16.9 Å². The first kappa shape index (κ1) is 17.8. The fraction of sp³-hybridized carbons (Fsp3) is 0.429. The van der Waals surface area contributed by atoms with Gasteiger partial charge in [-0.15, -0.1) is 0 Å². The average Bonchev–Trinajstić information content (AvgIpc) is 2.87. The van der Waals surface area contributed by atoms with Crippen molar-refractivity contribution in [1.82, 2.24) is 4.90 Å². The van der Waals surface area contributed by atoms with Gasteiger partial charge in [-0.2, -0.15) is 0 Å². The molecule has 1 aliphatic heterocycles. The van der Waals surface area contributed by atoms with E-state index in [1.807, 2.05) is 13.1 Å². The average molecular weight is 340 g/mol. The van der Waals surface area contributed by atoms with E-state index >= 15 is 0 Å². The van der Waals surface area contributed by atoms with E-state index in [-0.39, 0.29) is 12.1 Å². The van der Waals surface area contributed by atoms with E-state index in [1.54, 1.807) is 7.11 Å². The van der Waals surface area contributed by atoms with E-state index in [0.29, 0.717) is 6.54 Å². The zero-order chi connectivity index (χ0) is 18.0. The monoisotopic (exact) mass is 340 g/mol. The van der Waals surface area contributed by atoms with Crippen molar-refractivity contribution in [2.45, 2.75) is 32.4 Å². The summed E-state index contributed by atoms with van der Waals surface area (Å²) in [6, 6.07) is 12.9. The number of hydrogen-bond acceptors (Lipinski definition) is 4. The van der Waals surface area contributed by atoms with E-state index in [0.717, 1.165) is 24.3 Å². The van der Waals surface area contributed by atoms with Crippen LogP contribution in [0.1, 0.15) is 25.0 Å². The molecule has 25 heavy (non-hydrogen) atoms. The molecule has 0 bridgehead atoms. The third-order valence-electron chi connectivity index (χ3n) is 4.72. The van der Waals surface area contributed by atoms with Crippen LogP contribution in [0.2, 0.25) is 0 Å². The molecule has 134 valence electrons. The quantitative estimate of drug-likeness (QED) is 0.844. The van der Waals surface area contributed by atoms with Crippen LogP contribution >= 0.6 is 0 Å². The fourth-order valence-corrected chi connectivity index (χ4v) is 3.55. The van der Waals surface area contributed by atoms with Crippen molar-refractivity contribution in [2.24, 2.45) is 0 Å². The van der Waals surface area contributed by atoms with Gasteiger partial charge in [0.05, 0.1) is 13.7 Å². The van der Waals surface area contributed by atoms with Crippen LogP contribution in [0.15, 0.2) is 36.4 Å². The Morgan fingerprint density at radius 3 is 2.72 bits per heavy atom. The van der Waals surface area contributed by atoms with Crippen LogP contribution in [0.4, 0.5) is 5.69 Å². The molecule has 0 aromatic heterocycles. The van der Waals surface area contributed by atoms with Gasteiger partial charge in [0.25, 0.3) is 0 Å². The van der Waals surface area contributed by atoms with Crippen molar-refractivity contribution in [1.29, 1.82) is 0 Å². The van der Waals surface area contributed by atoms with Gasteiger partial charge in [-0.3, -0.25) is 4.90 Å². The summed E-state index contributed by atoms with van der Waals surface area (Å²) in [7, 11) is 3.73. The van der Waals surface area contributed by atoms with Gasteiger partial charge >= 0.3 is 0 Å². The zero-order valence-corrected chi connectivity index (χ0v) is 15.6. The molecule has 0 fully saturated rings. The molecule has 0 spiro atoms. The molecular weight excluding hydrogens is 312 g/mol. The summed E-state index contributed by atoms with van der Waals surface area (Å²) in [5.74, 6) is 0.888. The molecule has 2 aromatic carbocycles. The number of aliphatic hydroxyl groups is 1. The maximum absolute atomic E-state index is 9.09. The highest BCUT2D eigenvalue weighted by Crippen LogP contribution is 2.38. The maximum Gasteiger partial charge on any atom is 0.126 e. The van der Waals surface area contributed by atoms with Crippen LogP contribution < -0.4 is 10.1 Å². The molecule has 0 saturated carbocycles. The standard InChI is InChI=1S/C21H28N2O2/c1-21(2)13-17-12-16(6-7-19(17)22-21)18-11-15(5-8-20(18)25-4)14-23(3)9-10-24/h5-8,11-12,22,24H,9-10,13-14H2,1-4H3. The number of methoxy groups -OCH3 is 1. The van der Waals surface area contributed by atoms with Gasteiger partial charge in [-0.25, -0.2) is 0 Å². The van der Waals surface area contributed by atoms with Crippen LogP contribution in [0, 0.1) is 0 Å². The molecule has 1 aliphatic rings. The SMILES string of the molecule is COc1ccc(CN(C)CCO)cc1-c1ccc2c(c1)CC(C)(C)N2. The number of anilines is 1. The molecule has 0 atom stereocenters. The number of hydrogen-bond donors (Lipinski definition) is 2. The molecule has 4 heteroatoms. The number of rotatable bonds is 6. The Bertz CT molecular complexity index is 756. The second kappa shape index (κ2) is 7.06. The van der Waals surface area contributed by atoms with Crippen LogP contribution in [0.25, 0.3) is 11.1 Å². The molecule has 0 unspecified atom stereocenters. The number of aliphatic hydroxyl groups excluding tert-OH is 1. The summed E-state index contributed by atoms with van der Waals surface area (Å²) in [6.07, 6.45) is 1.03. The Morgan fingerprint density at radius 2 is 2.00 bits per heavy atom. The summed E-state index contributed by atoms with van der Waals surface area (Å²) in [5.41, 5.74) is 6.20. The van der Waals surface area contributed by atoms with Gasteiger partial charge in [0.15, 0.2) is 0 Å². The van der Waals surface area contributed by atoms with Gasteiger partial charge in [0, 0.05) is 29.9 Å². The lowest BCUT2D eigenvalue weighted by atomic mass is 9.96. The molecule has 2 N–H and O–H groups in total. The number of ether oxygens (including phenoxy) is 1. The first-order valence-corrected chi connectivity index (χ1v) is 8.79. The second-order valence-corrected chi connectivity index (χ2v) is 7.55. The summed E-state index contributed by atoms with van der Waals surface area (Å²) >= 11 is 0. The molecule has 0 aliphatic carbocycles. The minimum absolute atomic E-state index is 0.111. The van der Waals surface area contributed by atoms with E-state index in [4.69, 9.17) is 9.84 Å². The van der Waals surface area contributed by atoms with E-state index in [2.05, 4.69) is 54.4 Å². The highest BCUT2D eigenvalue weighted by atomic mass is 16.5. The van der Waals surface area contributed by atoms with E-state index in [1.165, 1.54) is 22.4 Å². The lowest BCUT2D eigenvalue weighted by Crippen LogP contribution is -2.26. The number of nitrogens with one attached hydrogen (secondary N) is 1. The summed E-state index contributed by atoms with van der Waals surface area (Å²) in [5, 5.41) is 12.7. The predicted molar refractivity (Wildman–Crippen MR) is 103 cm³/mol. The summed E-state index contributed by atoms with van der Waals surface area (Å²) < 4.78 is 5.60. The van der Waals surface area contributed by atoms with Crippen LogP contribution in [-0.4, -0.2) is 42.9 Å². The van der Waals surface area contributed by atoms with Gasteiger partial charge < -0.3 is 15.2 Å². The van der Waals surface area contributed by atoms with Crippen LogP contribution in [-0.2, 0) is 13.0 Å². The third-order valence-corrected chi connectivity index (χ3v) is 4.72. The molecule has 1 heterocycles. The minimum atomic E-state index is 0.111. The Balaban J connectivity index is 1.93. The topological polar surface area (TPSA) is 44.7 Å². The lowest BCUT2D eigenvalue weighted by molar-refractivity contribution is 0.217. The minimum Gasteiger partial charge on any atom is -0.496 e. The summed E-state index contributed by atoms with van der Waals surface area (Å²) in [4.78, 5) is 2.11. The van der Waals surface area contributed by atoms with Crippen LogP contribution in [0.3, 0.4) is 0 Å². The van der Waals surface area contributed by atoms with E-state index < -0.39 is 0 Å². The second-order valence-electron chi connectivity index (χ2n) is 7.55. The lowest BCUT2D eigenvalue weighted by Gasteiger charge is -2.17. The number of benzene rings is 2. The highest BCUT2D eigenvalue weighted by molar-refractivity contribution is 5.75. The van der Waals surface area contributed by atoms with Crippen molar-refractivity contribution in [2.75, 3.05) is 32.6 Å². The first-order chi connectivity index (χ1) is 11.9. The van der Waals surface area contributed by atoms with E-state index in [9.17, 15) is 0 Å². The molecule has 2 aromatic rings. The normalized spacial score (nSPS) is 15.1.